The molecule has 0 aliphatic carbocycles. The highest BCUT2D eigenvalue weighted by molar-refractivity contribution is 7.16. The molecule has 1 aliphatic heterocycles. The van der Waals surface area contributed by atoms with Gasteiger partial charge in [-0.1, -0.05) is 11.3 Å². The highest BCUT2D eigenvalue weighted by Crippen LogP contribution is 2.26. The lowest BCUT2D eigenvalue weighted by Gasteiger charge is -2.29. The van der Waals surface area contributed by atoms with Gasteiger partial charge in [0.25, 0.3) is 0 Å². The van der Waals surface area contributed by atoms with Crippen molar-refractivity contribution in [1.82, 2.24) is 19.9 Å². The third kappa shape index (κ3) is 2.49. The molecule has 0 unspecified atom stereocenters. The second kappa shape index (κ2) is 5.93. The standard InChI is InChI=1S/C18H17N5O2S/c1-11-21-23-15(10-20-18(23)26-11)14-8-12-2-3-13(9-16(12)25-17(14)24)22-6-4-19-5-7-22/h2-3,8-10,19H,4-7H2,1H3. The van der Waals surface area contributed by atoms with E-state index in [-0.39, 0.29) is 5.63 Å². The van der Waals surface area contributed by atoms with Crippen LogP contribution in [0.1, 0.15) is 5.01 Å². The molecule has 1 aromatic carbocycles. The van der Waals surface area contributed by atoms with Gasteiger partial charge in [-0.3, -0.25) is 0 Å². The Morgan fingerprint density at radius 3 is 2.92 bits per heavy atom. The van der Waals surface area contributed by atoms with E-state index in [1.165, 1.54) is 11.3 Å². The highest BCUT2D eigenvalue weighted by atomic mass is 32.1. The number of imidazole rings is 1. The van der Waals surface area contributed by atoms with Crippen LogP contribution in [0.5, 0.6) is 0 Å². The van der Waals surface area contributed by atoms with E-state index in [1.54, 1.807) is 10.7 Å². The van der Waals surface area contributed by atoms with Crippen molar-refractivity contribution >= 4 is 33.0 Å². The molecular weight excluding hydrogens is 350 g/mol. The van der Waals surface area contributed by atoms with Gasteiger partial charge in [-0.2, -0.15) is 5.10 Å². The number of fused-ring (bicyclic) bond motifs is 2. The molecule has 0 amide bonds. The summed E-state index contributed by atoms with van der Waals surface area (Å²) in [6.07, 6.45) is 1.67. The molecule has 132 valence electrons. The Balaban J connectivity index is 1.61. The number of hydrogen-bond donors (Lipinski definition) is 1. The van der Waals surface area contributed by atoms with E-state index in [0.29, 0.717) is 16.8 Å². The molecule has 7 nitrogen and oxygen atoms in total. The fourth-order valence-electron chi connectivity index (χ4n) is 3.37. The molecule has 0 spiro atoms. The van der Waals surface area contributed by atoms with E-state index in [4.69, 9.17) is 4.42 Å². The van der Waals surface area contributed by atoms with Crippen LogP contribution in [0, 0.1) is 6.92 Å². The van der Waals surface area contributed by atoms with Crippen LogP contribution in [0.2, 0.25) is 0 Å². The predicted octanol–water partition coefficient (Wildman–Crippen LogP) is 2.28. The van der Waals surface area contributed by atoms with Crippen molar-refractivity contribution in [2.75, 3.05) is 31.1 Å². The first kappa shape index (κ1) is 15.5. The van der Waals surface area contributed by atoms with E-state index in [0.717, 1.165) is 47.2 Å². The lowest BCUT2D eigenvalue weighted by molar-refractivity contribution is 0.561. The van der Waals surface area contributed by atoms with Crippen molar-refractivity contribution in [1.29, 1.82) is 0 Å². The maximum absolute atomic E-state index is 12.6. The van der Waals surface area contributed by atoms with Crippen molar-refractivity contribution in [2.45, 2.75) is 6.92 Å². The molecule has 0 radical (unpaired) electrons. The molecule has 1 N–H and O–H groups in total. The zero-order chi connectivity index (χ0) is 17.7. The zero-order valence-corrected chi connectivity index (χ0v) is 15.0. The van der Waals surface area contributed by atoms with Gasteiger partial charge in [-0.15, -0.1) is 0 Å². The monoisotopic (exact) mass is 367 g/mol. The van der Waals surface area contributed by atoms with Crippen LogP contribution in [0.25, 0.3) is 27.2 Å². The molecule has 5 rings (SSSR count). The topological polar surface area (TPSA) is 75.7 Å². The number of benzene rings is 1. The number of aryl methyl sites for hydroxylation is 1. The first-order chi connectivity index (χ1) is 12.7. The van der Waals surface area contributed by atoms with Crippen molar-refractivity contribution in [2.24, 2.45) is 0 Å². The van der Waals surface area contributed by atoms with Gasteiger partial charge in [0.05, 0.1) is 11.8 Å². The van der Waals surface area contributed by atoms with E-state index >= 15 is 0 Å². The average molecular weight is 367 g/mol. The van der Waals surface area contributed by atoms with Crippen molar-refractivity contribution in [3.05, 3.63) is 45.9 Å². The normalized spacial score (nSPS) is 15.2. The second-order valence-corrected chi connectivity index (χ2v) is 7.53. The van der Waals surface area contributed by atoms with Gasteiger partial charge in [-0.05, 0) is 25.1 Å². The molecule has 4 heterocycles. The minimum atomic E-state index is -0.373. The summed E-state index contributed by atoms with van der Waals surface area (Å²) in [7, 11) is 0. The summed E-state index contributed by atoms with van der Waals surface area (Å²) in [5.74, 6) is 0. The molecule has 0 saturated carbocycles. The molecule has 1 saturated heterocycles. The molecule has 26 heavy (non-hydrogen) atoms. The molecule has 4 aromatic rings. The summed E-state index contributed by atoms with van der Waals surface area (Å²) in [4.78, 5) is 20.0. The predicted molar refractivity (Wildman–Crippen MR) is 102 cm³/mol. The molecule has 1 aliphatic rings. The summed E-state index contributed by atoms with van der Waals surface area (Å²) in [6, 6.07) is 7.89. The molecule has 8 heteroatoms. The SMILES string of the molecule is Cc1nn2c(-c3cc4ccc(N5CCNCC5)cc4oc3=O)cnc2s1. The van der Waals surface area contributed by atoms with Crippen LogP contribution >= 0.6 is 11.3 Å². The van der Waals surface area contributed by atoms with E-state index in [2.05, 4.69) is 26.4 Å². The number of aromatic nitrogens is 3. The number of nitrogens with one attached hydrogen (secondary N) is 1. The minimum Gasteiger partial charge on any atom is -0.422 e. The maximum Gasteiger partial charge on any atom is 0.345 e. The average Bonchev–Trinajstić information content (AvgIpc) is 3.20. The lowest BCUT2D eigenvalue weighted by Crippen LogP contribution is -2.43. The van der Waals surface area contributed by atoms with Crippen LogP contribution in [-0.4, -0.2) is 40.8 Å². The van der Waals surface area contributed by atoms with Gasteiger partial charge in [0.2, 0.25) is 4.96 Å². The van der Waals surface area contributed by atoms with Crippen molar-refractivity contribution in [3.8, 4) is 11.3 Å². The number of piperazine rings is 1. The molecule has 0 atom stereocenters. The van der Waals surface area contributed by atoms with Crippen molar-refractivity contribution < 1.29 is 4.42 Å². The molecule has 1 fully saturated rings. The Labute approximate surface area is 152 Å². The van der Waals surface area contributed by atoms with Gasteiger partial charge in [0.15, 0.2) is 0 Å². The van der Waals surface area contributed by atoms with E-state index in [9.17, 15) is 4.79 Å². The minimum absolute atomic E-state index is 0.373. The maximum atomic E-state index is 12.6. The smallest absolute Gasteiger partial charge is 0.345 e. The quantitative estimate of drug-likeness (QED) is 0.548. The Morgan fingerprint density at radius 1 is 1.23 bits per heavy atom. The van der Waals surface area contributed by atoms with Gasteiger partial charge >= 0.3 is 5.63 Å². The number of rotatable bonds is 2. The van der Waals surface area contributed by atoms with Gasteiger partial charge < -0.3 is 14.6 Å². The fourth-order valence-corrected chi connectivity index (χ4v) is 4.09. The van der Waals surface area contributed by atoms with Gasteiger partial charge in [-0.25, -0.2) is 14.3 Å². The third-order valence-electron chi connectivity index (χ3n) is 4.66. The Kier molecular flexibility index (Phi) is 3.54. The Hall–Kier alpha value is -2.71. The molecular formula is C18H17N5O2S. The summed E-state index contributed by atoms with van der Waals surface area (Å²) in [6.45, 7) is 5.75. The first-order valence-electron chi connectivity index (χ1n) is 8.54. The summed E-state index contributed by atoms with van der Waals surface area (Å²) in [5, 5.41) is 9.56. The van der Waals surface area contributed by atoms with E-state index in [1.807, 2.05) is 25.1 Å². The molecule has 0 bridgehead atoms. The van der Waals surface area contributed by atoms with Crippen LogP contribution < -0.4 is 15.8 Å². The van der Waals surface area contributed by atoms with Gasteiger partial charge in [0, 0.05) is 43.3 Å². The highest BCUT2D eigenvalue weighted by Gasteiger charge is 2.16. The van der Waals surface area contributed by atoms with E-state index < -0.39 is 0 Å². The van der Waals surface area contributed by atoms with Crippen LogP contribution in [0.15, 0.2) is 39.7 Å². The zero-order valence-electron chi connectivity index (χ0n) is 14.2. The Bertz CT molecular complexity index is 1170. The summed E-state index contributed by atoms with van der Waals surface area (Å²) >= 11 is 1.49. The van der Waals surface area contributed by atoms with Crippen LogP contribution in [0.4, 0.5) is 5.69 Å². The van der Waals surface area contributed by atoms with Crippen LogP contribution in [-0.2, 0) is 0 Å². The fraction of sp³-hybridized carbons (Fsp3) is 0.278. The second-order valence-electron chi connectivity index (χ2n) is 6.37. The van der Waals surface area contributed by atoms with Crippen molar-refractivity contribution in [3.63, 3.8) is 0 Å². The van der Waals surface area contributed by atoms with Crippen LogP contribution in [0.3, 0.4) is 0 Å². The third-order valence-corrected chi connectivity index (χ3v) is 5.50. The lowest BCUT2D eigenvalue weighted by atomic mass is 10.1. The summed E-state index contributed by atoms with van der Waals surface area (Å²) in [5.41, 5.74) is 2.44. The summed E-state index contributed by atoms with van der Waals surface area (Å²) < 4.78 is 7.34. The largest absolute Gasteiger partial charge is 0.422 e. The van der Waals surface area contributed by atoms with Gasteiger partial charge in [0.1, 0.15) is 16.3 Å². The Morgan fingerprint density at radius 2 is 2.08 bits per heavy atom. The number of hydrogen-bond acceptors (Lipinski definition) is 7. The first-order valence-corrected chi connectivity index (χ1v) is 9.36. The molecule has 3 aromatic heterocycles. The number of nitrogens with zero attached hydrogens (tertiary/aromatic N) is 4. The number of anilines is 1.